The minimum absolute atomic E-state index is 0.252. The van der Waals surface area contributed by atoms with Crippen molar-refractivity contribution in [3.05, 3.63) is 56.5 Å². The second-order valence-corrected chi connectivity index (χ2v) is 6.61. The Morgan fingerprint density at radius 2 is 2.19 bits per heavy atom. The van der Waals surface area contributed by atoms with Crippen LogP contribution in [0.25, 0.3) is 6.08 Å². The molecule has 21 heavy (non-hydrogen) atoms. The maximum atomic E-state index is 12.0. The molecule has 0 aliphatic heterocycles. The number of carbonyl (C=O) groups excluding carboxylic acids is 1. The number of rotatable bonds is 5. The molecule has 5 nitrogen and oxygen atoms in total. The number of aromatic nitrogens is 1. The smallest absolute Gasteiger partial charge is 0.328 e. The number of nitrogens with zero attached hydrogens (tertiary/aromatic N) is 1. The van der Waals surface area contributed by atoms with E-state index in [4.69, 9.17) is 5.11 Å². The van der Waals surface area contributed by atoms with Gasteiger partial charge in [0.15, 0.2) is 0 Å². The molecule has 2 rings (SSSR count). The lowest BCUT2D eigenvalue weighted by molar-refractivity contribution is -0.131. The number of carboxylic acids is 1. The Morgan fingerprint density at radius 3 is 2.86 bits per heavy atom. The lowest BCUT2D eigenvalue weighted by Gasteiger charge is -2.04. The number of thiophene rings is 1. The SMILES string of the molecule is O=C(O)C=Cc1cncc(C(=O)NCc2ccc(Br)s2)c1. The Labute approximate surface area is 133 Å². The second kappa shape index (κ2) is 7.14. The number of hydrogen-bond donors (Lipinski definition) is 2. The Hall–Kier alpha value is -1.99. The molecule has 2 N–H and O–H groups in total. The molecule has 7 heteroatoms. The van der Waals surface area contributed by atoms with Crippen molar-refractivity contribution in [2.75, 3.05) is 0 Å². The van der Waals surface area contributed by atoms with Crippen LogP contribution in [0.4, 0.5) is 0 Å². The van der Waals surface area contributed by atoms with Crippen molar-refractivity contribution in [1.82, 2.24) is 10.3 Å². The summed E-state index contributed by atoms with van der Waals surface area (Å²) >= 11 is 4.91. The number of pyridine rings is 1. The molecule has 2 aromatic rings. The molecule has 0 aliphatic rings. The quantitative estimate of drug-likeness (QED) is 0.797. The van der Waals surface area contributed by atoms with E-state index in [-0.39, 0.29) is 5.91 Å². The molecular formula is C14H11BrN2O3S. The fourth-order valence-corrected chi connectivity index (χ4v) is 2.98. The predicted octanol–water partition coefficient (Wildman–Crippen LogP) is 2.93. The molecule has 2 aromatic heterocycles. The molecule has 0 fully saturated rings. The molecule has 0 aliphatic carbocycles. The number of amides is 1. The normalized spacial score (nSPS) is 10.7. The van der Waals surface area contributed by atoms with Crippen molar-refractivity contribution in [1.29, 1.82) is 0 Å². The summed E-state index contributed by atoms with van der Waals surface area (Å²) in [5, 5.41) is 11.4. The Morgan fingerprint density at radius 1 is 1.38 bits per heavy atom. The van der Waals surface area contributed by atoms with Crippen LogP contribution in [0.1, 0.15) is 20.8 Å². The van der Waals surface area contributed by atoms with E-state index in [1.165, 1.54) is 18.5 Å². The van der Waals surface area contributed by atoms with Crippen LogP contribution < -0.4 is 5.32 Å². The first-order valence-electron chi connectivity index (χ1n) is 5.93. The van der Waals surface area contributed by atoms with Crippen LogP contribution in [0.2, 0.25) is 0 Å². The molecule has 0 aromatic carbocycles. The molecular weight excluding hydrogens is 356 g/mol. The molecule has 0 saturated carbocycles. The van der Waals surface area contributed by atoms with Gasteiger partial charge < -0.3 is 10.4 Å². The van der Waals surface area contributed by atoms with Crippen LogP contribution in [0, 0.1) is 0 Å². The van der Waals surface area contributed by atoms with Gasteiger partial charge in [0, 0.05) is 23.3 Å². The maximum Gasteiger partial charge on any atom is 0.328 e. The van der Waals surface area contributed by atoms with Gasteiger partial charge in [0.1, 0.15) is 0 Å². The number of hydrogen-bond acceptors (Lipinski definition) is 4. The van der Waals surface area contributed by atoms with Crippen molar-refractivity contribution >= 4 is 45.2 Å². The van der Waals surface area contributed by atoms with E-state index < -0.39 is 5.97 Å². The van der Waals surface area contributed by atoms with E-state index >= 15 is 0 Å². The first-order chi connectivity index (χ1) is 10.0. The highest BCUT2D eigenvalue weighted by atomic mass is 79.9. The number of nitrogens with one attached hydrogen (secondary N) is 1. The van der Waals surface area contributed by atoms with Crippen molar-refractivity contribution in [3.8, 4) is 0 Å². The summed E-state index contributed by atoms with van der Waals surface area (Å²) in [6.45, 7) is 0.435. The fraction of sp³-hybridized carbons (Fsp3) is 0.0714. The standard InChI is InChI=1S/C14H11BrN2O3S/c15-12-3-2-11(21-12)8-17-14(20)10-5-9(6-16-7-10)1-4-13(18)19/h1-7H,8H2,(H,17,20)(H,18,19). The van der Waals surface area contributed by atoms with Crippen molar-refractivity contribution in [2.24, 2.45) is 0 Å². The largest absolute Gasteiger partial charge is 0.478 e. The van der Waals surface area contributed by atoms with Gasteiger partial charge in [-0.2, -0.15) is 0 Å². The monoisotopic (exact) mass is 366 g/mol. The average molecular weight is 367 g/mol. The maximum absolute atomic E-state index is 12.0. The van der Waals surface area contributed by atoms with Gasteiger partial charge >= 0.3 is 5.97 Å². The summed E-state index contributed by atoms with van der Waals surface area (Å²) in [7, 11) is 0. The molecule has 0 saturated heterocycles. The van der Waals surface area contributed by atoms with Gasteiger partial charge in [-0.1, -0.05) is 0 Å². The molecule has 0 radical (unpaired) electrons. The molecule has 0 atom stereocenters. The van der Waals surface area contributed by atoms with Crippen LogP contribution in [-0.4, -0.2) is 22.0 Å². The summed E-state index contributed by atoms with van der Waals surface area (Å²) in [5.41, 5.74) is 0.946. The van der Waals surface area contributed by atoms with E-state index in [1.54, 1.807) is 17.4 Å². The van der Waals surface area contributed by atoms with Crippen LogP contribution in [0.3, 0.4) is 0 Å². The number of carboxylic acid groups (broad SMARTS) is 1. The molecule has 108 valence electrons. The van der Waals surface area contributed by atoms with Crippen molar-refractivity contribution in [2.45, 2.75) is 6.54 Å². The lowest BCUT2D eigenvalue weighted by Crippen LogP contribution is -2.22. The molecule has 0 spiro atoms. The molecule has 0 bridgehead atoms. The van der Waals surface area contributed by atoms with Gasteiger partial charge in [0.05, 0.1) is 15.9 Å². The van der Waals surface area contributed by atoms with Gasteiger partial charge in [-0.3, -0.25) is 9.78 Å². The van der Waals surface area contributed by atoms with Crippen LogP contribution >= 0.6 is 27.3 Å². The van der Waals surface area contributed by atoms with Crippen LogP contribution in [0.5, 0.6) is 0 Å². The highest BCUT2D eigenvalue weighted by molar-refractivity contribution is 9.11. The molecule has 1 amide bonds. The van der Waals surface area contributed by atoms with Crippen LogP contribution in [0.15, 0.2) is 40.5 Å². The van der Waals surface area contributed by atoms with Gasteiger partial charge in [-0.05, 0) is 45.8 Å². The summed E-state index contributed by atoms with van der Waals surface area (Å²) in [5.74, 6) is -1.30. The third-order valence-electron chi connectivity index (χ3n) is 2.49. The van der Waals surface area contributed by atoms with Gasteiger partial charge in [0.25, 0.3) is 5.91 Å². The van der Waals surface area contributed by atoms with E-state index in [0.717, 1.165) is 14.7 Å². The average Bonchev–Trinajstić information content (AvgIpc) is 2.88. The van der Waals surface area contributed by atoms with E-state index in [9.17, 15) is 9.59 Å². The minimum Gasteiger partial charge on any atom is -0.478 e. The number of aliphatic carboxylic acids is 1. The predicted molar refractivity (Wildman–Crippen MR) is 84.1 cm³/mol. The first kappa shape index (κ1) is 15.4. The van der Waals surface area contributed by atoms with Crippen molar-refractivity contribution in [3.63, 3.8) is 0 Å². The minimum atomic E-state index is -1.05. The molecule has 0 unspecified atom stereocenters. The zero-order chi connectivity index (χ0) is 15.2. The van der Waals surface area contributed by atoms with E-state index in [1.807, 2.05) is 12.1 Å². The van der Waals surface area contributed by atoms with Crippen molar-refractivity contribution < 1.29 is 14.7 Å². The lowest BCUT2D eigenvalue weighted by atomic mass is 10.2. The Balaban J connectivity index is 2.02. The highest BCUT2D eigenvalue weighted by Crippen LogP contribution is 2.21. The number of carbonyl (C=O) groups is 2. The topological polar surface area (TPSA) is 79.3 Å². The Bertz CT molecular complexity index is 697. The molecule has 2 heterocycles. The van der Waals surface area contributed by atoms with Gasteiger partial charge in [0.2, 0.25) is 0 Å². The fourth-order valence-electron chi connectivity index (χ4n) is 1.56. The number of halogens is 1. The van der Waals surface area contributed by atoms with Gasteiger partial charge in [-0.15, -0.1) is 11.3 Å². The third kappa shape index (κ3) is 4.80. The zero-order valence-corrected chi connectivity index (χ0v) is 13.1. The second-order valence-electron chi connectivity index (χ2n) is 4.07. The summed E-state index contributed by atoms with van der Waals surface area (Å²) < 4.78 is 1.01. The summed E-state index contributed by atoms with van der Waals surface area (Å²) in [6, 6.07) is 5.44. The van der Waals surface area contributed by atoms with E-state index in [0.29, 0.717) is 17.7 Å². The third-order valence-corrected chi connectivity index (χ3v) is 4.12. The Kier molecular flexibility index (Phi) is 5.24. The highest BCUT2D eigenvalue weighted by Gasteiger charge is 2.07. The van der Waals surface area contributed by atoms with Crippen LogP contribution in [-0.2, 0) is 11.3 Å². The van der Waals surface area contributed by atoms with Gasteiger partial charge in [-0.25, -0.2) is 4.79 Å². The summed E-state index contributed by atoms with van der Waals surface area (Å²) in [4.78, 5) is 27.4. The zero-order valence-electron chi connectivity index (χ0n) is 10.7. The first-order valence-corrected chi connectivity index (χ1v) is 7.54. The summed E-state index contributed by atoms with van der Waals surface area (Å²) in [6.07, 6.45) is 5.33. The van der Waals surface area contributed by atoms with E-state index in [2.05, 4.69) is 26.2 Å².